The average Bonchev–Trinajstić information content (AvgIpc) is 2.84. The molecule has 0 heterocycles. The normalized spacial score (nSPS) is 21.5. The lowest BCUT2D eigenvalue weighted by molar-refractivity contribution is 0.0916. The van der Waals surface area contributed by atoms with Crippen LogP contribution in [0, 0.1) is 5.41 Å². The Morgan fingerprint density at radius 2 is 2.15 bits per heavy atom. The van der Waals surface area contributed by atoms with E-state index in [2.05, 4.69) is 19.2 Å². The minimum Gasteiger partial charge on any atom is -0.394 e. The maximum Gasteiger partial charge on any atom is 0.0698 e. The van der Waals surface area contributed by atoms with Crippen LogP contribution in [0.4, 0.5) is 0 Å². The van der Waals surface area contributed by atoms with Crippen molar-refractivity contribution in [1.82, 2.24) is 5.32 Å². The van der Waals surface area contributed by atoms with Gasteiger partial charge in [-0.2, -0.15) is 0 Å². The number of ether oxygens (including phenoxy) is 1. The number of nitrogens with one attached hydrogen (secondary N) is 1. The van der Waals surface area contributed by atoms with E-state index in [0.29, 0.717) is 24.7 Å². The lowest BCUT2D eigenvalue weighted by Crippen LogP contribution is -2.35. The second-order valence-electron chi connectivity index (χ2n) is 4.17. The lowest BCUT2D eigenvalue weighted by atomic mass is 10.0. The van der Waals surface area contributed by atoms with Crippen LogP contribution < -0.4 is 5.32 Å². The SMILES string of the molecule is CC(NCCOCCO)C1(C)CC1. The largest absolute Gasteiger partial charge is 0.394 e. The van der Waals surface area contributed by atoms with Gasteiger partial charge in [0.2, 0.25) is 0 Å². The summed E-state index contributed by atoms with van der Waals surface area (Å²) < 4.78 is 5.15. The second kappa shape index (κ2) is 4.94. The maximum absolute atomic E-state index is 8.47. The van der Waals surface area contributed by atoms with Gasteiger partial charge in [-0.05, 0) is 25.2 Å². The highest BCUT2D eigenvalue weighted by Gasteiger charge is 2.41. The van der Waals surface area contributed by atoms with Crippen LogP contribution in [0.15, 0.2) is 0 Å². The molecule has 2 N–H and O–H groups in total. The highest BCUT2D eigenvalue weighted by molar-refractivity contribution is 4.96. The number of aliphatic hydroxyl groups excluding tert-OH is 1. The van der Waals surface area contributed by atoms with Gasteiger partial charge in [0.05, 0.1) is 19.8 Å². The first-order chi connectivity index (χ1) is 6.19. The van der Waals surface area contributed by atoms with Gasteiger partial charge in [0.15, 0.2) is 0 Å². The van der Waals surface area contributed by atoms with Crippen molar-refractivity contribution in [2.24, 2.45) is 5.41 Å². The quantitative estimate of drug-likeness (QED) is 0.579. The fourth-order valence-corrected chi connectivity index (χ4v) is 1.39. The van der Waals surface area contributed by atoms with Crippen LogP contribution >= 0.6 is 0 Å². The topological polar surface area (TPSA) is 41.5 Å². The van der Waals surface area contributed by atoms with Crippen LogP contribution in [0.25, 0.3) is 0 Å². The van der Waals surface area contributed by atoms with Crippen molar-refractivity contribution in [3.05, 3.63) is 0 Å². The van der Waals surface area contributed by atoms with E-state index >= 15 is 0 Å². The predicted octanol–water partition coefficient (Wildman–Crippen LogP) is 0.773. The highest BCUT2D eigenvalue weighted by atomic mass is 16.5. The zero-order valence-electron chi connectivity index (χ0n) is 8.68. The number of rotatable bonds is 7. The Labute approximate surface area is 80.5 Å². The van der Waals surface area contributed by atoms with E-state index in [1.165, 1.54) is 12.8 Å². The third kappa shape index (κ3) is 3.63. The third-order valence-corrected chi connectivity index (χ3v) is 3.02. The van der Waals surface area contributed by atoms with Crippen LogP contribution in [0.3, 0.4) is 0 Å². The molecule has 1 unspecified atom stereocenters. The van der Waals surface area contributed by atoms with Gasteiger partial charge >= 0.3 is 0 Å². The first-order valence-electron chi connectivity index (χ1n) is 5.11. The molecular formula is C10H21NO2. The summed E-state index contributed by atoms with van der Waals surface area (Å²) in [6.07, 6.45) is 2.69. The van der Waals surface area contributed by atoms with Crippen molar-refractivity contribution < 1.29 is 9.84 Å². The van der Waals surface area contributed by atoms with Crippen molar-refractivity contribution >= 4 is 0 Å². The van der Waals surface area contributed by atoms with Gasteiger partial charge < -0.3 is 15.2 Å². The Bertz CT molecular complexity index is 146. The summed E-state index contributed by atoms with van der Waals surface area (Å²) in [5.74, 6) is 0. The lowest BCUT2D eigenvalue weighted by Gasteiger charge is -2.20. The van der Waals surface area contributed by atoms with E-state index in [-0.39, 0.29) is 6.61 Å². The molecule has 0 radical (unpaired) electrons. The summed E-state index contributed by atoms with van der Waals surface area (Å²) in [6, 6.07) is 0.588. The predicted molar refractivity (Wildman–Crippen MR) is 52.7 cm³/mol. The molecule has 3 heteroatoms. The van der Waals surface area contributed by atoms with Crippen molar-refractivity contribution in [3.8, 4) is 0 Å². The van der Waals surface area contributed by atoms with Crippen molar-refractivity contribution in [2.75, 3.05) is 26.4 Å². The number of hydrogen-bond donors (Lipinski definition) is 2. The van der Waals surface area contributed by atoms with Crippen molar-refractivity contribution in [3.63, 3.8) is 0 Å². The van der Waals surface area contributed by atoms with E-state index in [1.54, 1.807) is 0 Å². The number of hydrogen-bond acceptors (Lipinski definition) is 3. The standard InChI is InChI=1S/C10H21NO2/c1-9(10(2)3-4-10)11-5-7-13-8-6-12/h9,11-12H,3-8H2,1-2H3. The number of aliphatic hydroxyl groups is 1. The first kappa shape index (κ1) is 11.0. The summed E-state index contributed by atoms with van der Waals surface area (Å²) >= 11 is 0. The van der Waals surface area contributed by atoms with Crippen molar-refractivity contribution in [1.29, 1.82) is 0 Å². The summed E-state index contributed by atoms with van der Waals surface area (Å²) in [6.45, 7) is 6.70. The molecule has 1 aliphatic carbocycles. The molecule has 0 aliphatic heterocycles. The Kier molecular flexibility index (Phi) is 4.16. The molecule has 0 aromatic heterocycles. The highest BCUT2D eigenvalue weighted by Crippen LogP contribution is 2.47. The van der Waals surface area contributed by atoms with Crippen LogP contribution in [-0.2, 0) is 4.74 Å². The van der Waals surface area contributed by atoms with Crippen LogP contribution in [0.5, 0.6) is 0 Å². The Morgan fingerprint density at radius 1 is 1.46 bits per heavy atom. The molecule has 1 fully saturated rings. The molecule has 0 bridgehead atoms. The Morgan fingerprint density at radius 3 is 2.69 bits per heavy atom. The molecule has 0 spiro atoms. The molecule has 1 atom stereocenters. The van der Waals surface area contributed by atoms with Crippen LogP contribution in [0.2, 0.25) is 0 Å². The van der Waals surface area contributed by atoms with Gasteiger partial charge in [-0.3, -0.25) is 0 Å². The van der Waals surface area contributed by atoms with Gasteiger partial charge in [-0.25, -0.2) is 0 Å². The first-order valence-corrected chi connectivity index (χ1v) is 5.11. The molecular weight excluding hydrogens is 166 g/mol. The molecule has 0 amide bonds. The van der Waals surface area contributed by atoms with Gasteiger partial charge in [0.1, 0.15) is 0 Å². The fourth-order valence-electron chi connectivity index (χ4n) is 1.39. The van der Waals surface area contributed by atoms with Gasteiger partial charge in [-0.15, -0.1) is 0 Å². The molecule has 0 aromatic carbocycles. The van der Waals surface area contributed by atoms with Gasteiger partial charge in [-0.1, -0.05) is 6.92 Å². The molecule has 78 valence electrons. The third-order valence-electron chi connectivity index (χ3n) is 3.02. The fraction of sp³-hybridized carbons (Fsp3) is 1.00. The van der Waals surface area contributed by atoms with E-state index in [9.17, 15) is 0 Å². The monoisotopic (exact) mass is 187 g/mol. The zero-order chi connectivity index (χ0) is 9.73. The summed E-state index contributed by atoms with van der Waals surface area (Å²) in [7, 11) is 0. The summed E-state index contributed by atoms with van der Waals surface area (Å²) in [5, 5.41) is 11.9. The van der Waals surface area contributed by atoms with Gasteiger partial charge in [0, 0.05) is 12.6 Å². The van der Waals surface area contributed by atoms with Crippen LogP contribution in [-0.4, -0.2) is 37.5 Å². The van der Waals surface area contributed by atoms with E-state index in [4.69, 9.17) is 9.84 Å². The molecule has 1 aliphatic rings. The van der Waals surface area contributed by atoms with E-state index < -0.39 is 0 Å². The van der Waals surface area contributed by atoms with Gasteiger partial charge in [0.25, 0.3) is 0 Å². The molecule has 13 heavy (non-hydrogen) atoms. The molecule has 0 saturated heterocycles. The molecule has 1 saturated carbocycles. The average molecular weight is 187 g/mol. The maximum atomic E-state index is 8.47. The van der Waals surface area contributed by atoms with Crippen molar-refractivity contribution in [2.45, 2.75) is 32.7 Å². The second-order valence-corrected chi connectivity index (χ2v) is 4.17. The molecule has 0 aromatic rings. The van der Waals surface area contributed by atoms with E-state index in [0.717, 1.165) is 6.54 Å². The summed E-state index contributed by atoms with van der Waals surface area (Å²) in [5.41, 5.74) is 0.539. The zero-order valence-corrected chi connectivity index (χ0v) is 8.68. The Hall–Kier alpha value is -0.120. The Balaban J connectivity index is 1.93. The minimum atomic E-state index is 0.118. The van der Waals surface area contributed by atoms with Crippen LogP contribution in [0.1, 0.15) is 26.7 Å². The molecule has 1 rings (SSSR count). The minimum absolute atomic E-state index is 0.118. The van der Waals surface area contributed by atoms with E-state index in [1.807, 2.05) is 0 Å². The summed E-state index contributed by atoms with van der Waals surface area (Å²) in [4.78, 5) is 0. The smallest absolute Gasteiger partial charge is 0.0698 e. The molecule has 3 nitrogen and oxygen atoms in total.